The molecule has 86 valence electrons. The molecule has 0 fully saturated rings. The van der Waals surface area contributed by atoms with E-state index in [0.717, 1.165) is 11.3 Å². The first-order valence-electron chi connectivity index (χ1n) is 4.70. The van der Waals surface area contributed by atoms with Crippen molar-refractivity contribution in [1.82, 2.24) is 5.32 Å². The minimum absolute atomic E-state index is 0.0936. The van der Waals surface area contributed by atoms with Crippen molar-refractivity contribution >= 4 is 17.6 Å². The molecule has 0 spiro atoms. The molecule has 6 N–H and O–H groups in total. The number of anilines is 1. The summed E-state index contributed by atoms with van der Waals surface area (Å²) >= 11 is 0. The van der Waals surface area contributed by atoms with Crippen LogP contribution in [0.5, 0.6) is 0 Å². The molecule has 0 atom stereocenters. The van der Waals surface area contributed by atoms with Gasteiger partial charge in [0.1, 0.15) is 6.54 Å². The summed E-state index contributed by atoms with van der Waals surface area (Å²) in [6.45, 7) is 0.321. The maximum Gasteiger partial charge on any atom is 0.322 e. The first-order valence-corrected chi connectivity index (χ1v) is 4.70. The average Bonchev–Trinajstić information content (AvgIpc) is 2.24. The Morgan fingerprint density at radius 2 is 2.25 bits per heavy atom. The van der Waals surface area contributed by atoms with Crippen molar-refractivity contribution < 1.29 is 9.90 Å². The molecule has 0 bridgehead atoms. The van der Waals surface area contributed by atoms with Gasteiger partial charge in [0.05, 0.1) is 0 Å². The third kappa shape index (κ3) is 4.32. The molecule has 6 heteroatoms. The number of rotatable bonds is 5. The van der Waals surface area contributed by atoms with E-state index < -0.39 is 5.97 Å². The van der Waals surface area contributed by atoms with Crippen LogP contribution in [-0.4, -0.2) is 23.6 Å². The van der Waals surface area contributed by atoms with Crippen LogP contribution in [0.25, 0.3) is 0 Å². The zero-order chi connectivity index (χ0) is 12.0. The maximum atomic E-state index is 10.4. The van der Waals surface area contributed by atoms with E-state index in [4.69, 9.17) is 16.2 Å². The van der Waals surface area contributed by atoms with Crippen LogP contribution in [0, 0.1) is 5.41 Å². The second-order valence-electron chi connectivity index (χ2n) is 3.21. The number of nitrogens with one attached hydrogen (secondary N) is 3. The van der Waals surface area contributed by atoms with Gasteiger partial charge in [0, 0.05) is 12.2 Å². The zero-order valence-corrected chi connectivity index (χ0v) is 8.66. The van der Waals surface area contributed by atoms with Crippen LogP contribution in [0.3, 0.4) is 0 Å². The Labute approximate surface area is 93.0 Å². The summed E-state index contributed by atoms with van der Waals surface area (Å²) in [6, 6.07) is 7.25. The molecule has 0 amide bonds. The average molecular weight is 222 g/mol. The minimum atomic E-state index is -0.910. The fourth-order valence-electron chi connectivity index (χ4n) is 1.17. The van der Waals surface area contributed by atoms with E-state index in [1.807, 2.05) is 6.07 Å². The number of aliphatic carboxylic acids is 1. The van der Waals surface area contributed by atoms with Gasteiger partial charge in [-0.25, -0.2) is 0 Å². The van der Waals surface area contributed by atoms with Crippen LogP contribution in [0.1, 0.15) is 5.56 Å². The quantitative estimate of drug-likeness (QED) is 0.360. The molecular formula is C10H14N4O2. The van der Waals surface area contributed by atoms with Crippen molar-refractivity contribution in [2.24, 2.45) is 5.73 Å². The first-order chi connectivity index (χ1) is 7.58. The molecule has 0 aromatic heterocycles. The van der Waals surface area contributed by atoms with Crippen LogP contribution >= 0.6 is 0 Å². The lowest BCUT2D eigenvalue weighted by molar-refractivity contribution is -0.134. The molecule has 16 heavy (non-hydrogen) atoms. The third-order valence-corrected chi connectivity index (χ3v) is 1.85. The molecule has 0 saturated carbocycles. The van der Waals surface area contributed by atoms with E-state index in [1.54, 1.807) is 18.2 Å². The van der Waals surface area contributed by atoms with Crippen LogP contribution in [0.4, 0.5) is 5.69 Å². The minimum Gasteiger partial charge on any atom is -0.480 e. The van der Waals surface area contributed by atoms with Crippen molar-refractivity contribution in [2.45, 2.75) is 6.54 Å². The van der Waals surface area contributed by atoms with E-state index in [-0.39, 0.29) is 12.5 Å². The molecule has 0 radical (unpaired) electrons. The van der Waals surface area contributed by atoms with Gasteiger partial charge in [-0.3, -0.25) is 10.2 Å². The second kappa shape index (κ2) is 5.59. The van der Waals surface area contributed by atoms with E-state index in [0.29, 0.717) is 6.54 Å². The Morgan fingerprint density at radius 3 is 2.88 bits per heavy atom. The third-order valence-electron chi connectivity index (χ3n) is 1.85. The van der Waals surface area contributed by atoms with Crippen LogP contribution in [-0.2, 0) is 11.3 Å². The Balaban J connectivity index is 2.56. The highest BCUT2D eigenvalue weighted by Crippen LogP contribution is 2.09. The number of hydrogen-bond donors (Lipinski definition) is 5. The largest absolute Gasteiger partial charge is 0.480 e. The molecule has 1 aromatic carbocycles. The normalized spacial score (nSPS) is 9.50. The van der Waals surface area contributed by atoms with Gasteiger partial charge in [0.25, 0.3) is 0 Å². The summed E-state index contributed by atoms with van der Waals surface area (Å²) in [4.78, 5) is 10.4. The van der Waals surface area contributed by atoms with Gasteiger partial charge in [-0.15, -0.1) is 0 Å². The predicted molar refractivity (Wildman–Crippen MR) is 61.3 cm³/mol. The van der Waals surface area contributed by atoms with Gasteiger partial charge < -0.3 is 21.5 Å². The van der Waals surface area contributed by atoms with E-state index in [9.17, 15) is 4.79 Å². The first kappa shape index (κ1) is 11.8. The van der Waals surface area contributed by atoms with E-state index in [1.165, 1.54) is 0 Å². The van der Waals surface area contributed by atoms with Crippen molar-refractivity contribution in [3.8, 4) is 0 Å². The lowest BCUT2D eigenvalue weighted by Crippen LogP contribution is -2.29. The number of guanidine groups is 1. The number of hydrogen-bond acceptors (Lipinski definition) is 3. The van der Waals surface area contributed by atoms with Gasteiger partial charge >= 0.3 is 5.97 Å². The molecule has 0 heterocycles. The zero-order valence-electron chi connectivity index (χ0n) is 8.66. The Kier molecular flexibility index (Phi) is 4.14. The lowest BCUT2D eigenvalue weighted by atomic mass is 10.2. The molecule has 0 aliphatic rings. The van der Waals surface area contributed by atoms with E-state index in [2.05, 4.69) is 10.6 Å². The van der Waals surface area contributed by atoms with Gasteiger partial charge in [-0.2, -0.15) is 0 Å². The van der Waals surface area contributed by atoms with Crippen molar-refractivity contribution in [3.63, 3.8) is 0 Å². The summed E-state index contributed by atoms with van der Waals surface area (Å²) in [5.41, 5.74) is 6.80. The number of carboxylic acid groups (broad SMARTS) is 1. The number of carboxylic acids is 1. The standard InChI is InChI=1S/C10H14N4O2/c11-10(12)14-5-7-2-1-3-8(4-7)13-6-9(15)16/h1-4,13H,5-6H2,(H,15,16)(H4,11,12,14). The Morgan fingerprint density at radius 1 is 1.50 bits per heavy atom. The predicted octanol–water partition coefficient (Wildman–Crippen LogP) is 0.166. The van der Waals surface area contributed by atoms with Gasteiger partial charge in [0.2, 0.25) is 0 Å². The molecule has 6 nitrogen and oxygen atoms in total. The Bertz CT molecular complexity index is 359. The second-order valence-corrected chi connectivity index (χ2v) is 3.21. The lowest BCUT2D eigenvalue weighted by Gasteiger charge is -2.07. The number of carbonyl (C=O) groups is 1. The highest BCUT2D eigenvalue weighted by molar-refractivity contribution is 5.74. The van der Waals surface area contributed by atoms with Gasteiger partial charge in [-0.1, -0.05) is 12.1 Å². The van der Waals surface area contributed by atoms with Crippen molar-refractivity contribution in [2.75, 3.05) is 11.9 Å². The van der Waals surface area contributed by atoms with Crippen LogP contribution in [0.15, 0.2) is 24.3 Å². The summed E-state index contributed by atoms with van der Waals surface area (Å²) in [5, 5.41) is 20.9. The molecule has 0 aliphatic heterocycles. The monoisotopic (exact) mass is 222 g/mol. The van der Waals surface area contributed by atoms with Crippen molar-refractivity contribution in [1.29, 1.82) is 5.41 Å². The fourth-order valence-corrected chi connectivity index (χ4v) is 1.17. The molecule has 0 aliphatic carbocycles. The number of benzene rings is 1. The molecule has 1 aromatic rings. The topological polar surface area (TPSA) is 111 Å². The molecular weight excluding hydrogens is 208 g/mol. The molecule has 0 saturated heterocycles. The maximum absolute atomic E-state index is 10.4. The molecule has 1 rings (SSSR count). The summed E-state index contributed by atoms with van der Waals surface area (Å²) < 4.78 is 0. The van der Waals surface area contributed by atoms with Gasteiger partial charge in [0.15, 0.2) is 5.96 Å². The fraction of sp³-hybridized carbons (Fsp3) is 0.200. The number of nitrogens with two attached hydrogens (primary N) is 1. The smallest absolute Gasteiger partial charge is 0.322 e. The summed E-state index contributed by atoms with van der Waals surface area (Å²) in [7, 11) is 0. The molecule has 0 unspecified atom stereocenters. The van der Waals surface area contributed by atoms with Crippen molar-refractivity contribution in [3.05, 3.63) is 29.8 Å². The van der Waals surface area contributed by atoms with Crippen LogP contribution in [0.2, 0.25) is 0 Å². The van der Waals surface area contributed by atoms with Crippen LogP contribution < -0.4 is 16.4 Å². The Hall–Kier alpha value is -2.24. The van der Waals surface area contributed by atoms with Gasteiger partial charge in [-0.05, 0) is 17.7 Å². The highest BCUT2D eigenvalue weighted by atomic mass is 16.4. The summed E-state index contributed by atoms with van der Waals surface area (Å²) in [6.07, 6.45) is 0. The highest BCUT2D eigenvalue weighted by Gasteiger charge is 1.98. The summed E-state index contributed by atoms with van der Waals surface area (Å²) in [5.74, 6) is -1.00. The van der Waals surface area contributed by atoms with E-state index >= 15 is 0 Å². The SMILES string of the molecule is N=C(N)NCc1cccc(NCC(=O)O)c1.